The Morgan fingerprint density at radius 2 is 1.58 bits per heavy atom. The summed E-state index contributed by atoms with van der Waals surface area (Å²) in [5.41, 5.74) is 1.34. The van der Waals surface area contributed by atoms with Gasteiger partial charge in [-0.15, -0.1) is 0 Å². The minimum absolute atomic E-state index is 0.177. The number of hydrogen-bond acceptors (Lipinski definition) is 4. The summed E-state index contributed by atoms with van der Waals surface area (Å²) >= 11 is 6.00. The minimum atomic E-state index is -0.177. The maximum atomic E-state index is 12.7. The minimum Gasteiger partial charge on any atom is -0.496 e. The second-order valence-corrected chi connectivity index (χ2v) is 5.63. The number of ether oxygens (including phenoxy) is 3. The average molecular weight is 350 g/mol. The third-order valence-electron chi connectivity index (χ3n) is 3.61. The predicted octanol–water partition coefficient (Wildman–Crippen LogP) is 3.64. The first-order chi connectivity index (χ1) is 11.5. The molecule has 2 aromatic rings. The molecule has 2 rings (SSSR count). The zero-order chi connectivity index (χ0) is 17.7. The molecule has 0 unspecified atom stereocenters. The molecule has 0 aliphatic heterocycles. The lowest BCUT2D eigenvalue weighted by atomic mass is 10.1. The van der Waals surface area contributed by atoms with Crippen LogP contribution in [0.4, 0.5) is 0 Å². The van der Waals surface area contributed by atoms with Gasteiger partial charge in [0.2, 0.25) is 0 Å². The first-order valence-corrected chi connectivity index (χ1v) is 7.67. The zero-order valence-electron chi connectivity index (χ0n) is 14.1. The maximum absolute atomic E-state index is 12.7. The largest absolute Gasteiger partial charge is 0.496 e. The molecule has 0 spiro atoms. The molecule has 0 heterocycles. The third-order valence-corrected chi connectivity index (χ3v) is 3.84. The smallest absolute Gasteiger partial charge is 0.257 e. The summed E-state index contributed by atoms with van der Waals surface area (Å²) in [5.74, 6) is 1.58. The molecule has 0 atom stereocenters. The van der Waals surface area contributed by atoms with Crippen LogP contribution in [0, 0.1) is 0 Å². The van der Waals surface area contributed by atoms with Crippen molar-refractivity contribution in [2.75, 3.05) is 28.4 Å². The van der Waals surface area contributed by atoms with Gasteiger partial charge in [0.05, 0.1) is 26.9 Å². The Kier molecular flexibility index (Phi) is 5.93. The van der Waals surface area contributed by atoms with Crippen LogP contribution in [-0.2, 0) is 6.54 Å². The molecule has 0 saturated heterocycles. The number of methoxy groups -OCH3 is 3. The summed E-state index contributed by atoms with van der Waals surface area (Å²) in [4.78, 5) is 14.3. The number of benzene rings is 2. The second kappa shape index (κ2) is 7.93. The Morgan fingerprint density at radius 3 is 2.21 bits per heavy atom. The molecule has 24 heavy (non-hydrogen) atoms. The summed E-state index contributed by atoms with van der Waals surface area (Å²) in [7, 11) is 6.40. The number of carbonyl (C=O) groups excluding carboxylic acids is 1. The predicted molar refractivity (Wildman–Crippen MR) is 93.3 cm³/mol. The van der Waals surface area contributed by atoms with Crippen LogP contribution < -0.4 is 14.2 Å². The van der Waals surface area contributed by atoms with E-state index in [4.69, 9.17) is 25.8 Å². The fraction of sp³-hybridized carbons (Fsp3) is 0.278. The second-order valence-electron chi connectivity index (χ2n) is 5.20. The quantitative estimate of drug-likeness (QED) is 0.799. The van der Waals surface area contributed by atoms with E-state index in [1.165, 1.54) is 7.11 Å². The number of amides is 1. The van der Waals surface area contributed by atoms with Gasteiger partial charge in [-0.25, -0.2) is 0 Å². The lowest BCUT2D eigenvalue weighted by Gasteiger charge is -2.19. The molecule has 0 bridgehead atoms. The van der Waals surface area contributed by atoms with Gasteiger partial charge in [-0.2, -0.15) is 0 Å². The van der Waals surface area contributed by atoms with Crippen LogP contribution in [0.15, 0.2) is 36.4 Å². The van der Waals surface area contributed by atoms with Crippen molar-refractivity contribution in [3.63, 3.8) is 0 Å². The van der Waals surface area contributed by atoms with Gasteiger partial charge in [0, 0.05) is 18.6 Å². The van der Waals surface area contributed by atoms with E-state index in [2.05, 4.69) is 0 Å². The van der Waals surface area contributed by atoms with Crippen molar-refractivity contribution in [1.82, 2.24) is 4.90 Å². The number of halogens is 1. The van der Waals surface area contributed by atoms with E-state index < -0.39 is 0 Å². The average Bonchev–Trinajstić information content (AvgIpc) is 2.60. The fourth-order valence-electron chi connectivity index (χ4n) is 2.38. The highest BCUT2D eigenvalue weighted by atomic mass is 35.5. The molecular weight excluding hydrogens is 330 g/mol. The van der Waals surface area contributed by atoms with Crippen LogP contribution in [0.3, 0.4) is 0 Å². The highest BCUT2D eigenvalue weighted by Gasteiger charge is 2.18. The van der Waals surface area contributed by atoms with Crippen LogP contribution >= 0.6 is 11.6 Å². The third kappa shape index (κ3) is 3.92. The van der Waals surface area contributed by atoms with Gasteiger partial charge >= 0.3 is 0 Å². The van der Waals surface area contributed by atoms with Crippen molar-refractivity contribution in [2.45, 2.75) is 6.54 Å². The van der Waals surface area contributed by atoms with Crippen LogP contribution in [0.1, 0.15) is 15.9 Å². The number of carbonyl (C=O) groups is 1. The number of rotatable bonds is 6. The van der Waals surface area contributed by atoms with E-state index in [1.807, 2.05) is 18.2 Å². The van der Waals surface area contributed by atoms with Gasteiger partial charge in [0.15, 0.2) is 11.5 Å². The molecule has 0 radical (unpaired) electrons. The SMILES string of the molecule is COc1ccc(CN(C)C(=O)c2cc(Cl)ccc2OC)cc1OC. The van der Waals surface area contributed by atoms with E-state index in [-0.39, 0.29) is 5.91 Å². The Morgan fingerprint density at radius 1 is 0.958 bits per heavy atom. The van der Waals surface area contributed by atoms with Crippen LogP contribution in [0.2, 0.25) is 5.02 Å². The van der Waals surface area contributed by atoms with Crippen molar-refractivity contribution >= 4 is 17.5 Å². The van der Waals surface area contributed by atoms with E-state index in [1.54, 1.807) is 44.4 Å². The normalized spacial score (nSPS) is 10.2. The molecule has 1 amide bonds. The van der Waals surface area contributed by atoms with Gasteiger partial charge in [0.1, 0.15) is 5.75 Å². The van der Waals surface area contributed by atoms with Crippen molar-refractivity contribution in [3.8, 4) is 17.2 Å². The summed E-state index contributed by atoms with van der Waals surface area (Å²) in [6.07, 6.45) is 0. The van der Waals surface area contributed by atoms with Crippen molar-refractivity contribution in [2.24, 2.45) is 0 Å². The lowest BCUT2D eigenvalue weighted by Crippen LogP contribution is -2.26. The molecule has 2 aromatic carbocycles. The Bertz CT molecular complexity index is 733. The van der Waals surface area contributed by atoms with Gasteiger partial charge in [-0.3, -0.25) is 4.79 Å². The van der Waals surface area contributed by atoms with Crippen LogP contribution in [0.5, 0.6) is 17.2 Å². The fourth-order valence-corrected chi connectivity index (χ4v) is 2.55. The first kappa shape index (κ1) is 17.9. The maximum Gasteiger partial charge on any atom is 0.257 e. The topological polar surface area (TPSA) is 48.0 Å². The first-order valence-electron chi connectivity index (χ1n) is 7.30. The molecule has 0 N–H and O–H groups in total. The number of nitrogens with zero attached hydrogens (tertiary/aromatic N) is 1. The molecule has 0 fully saturated rings. The van der Waals surface area contributed by atoms with Gasteiger partial charge < -0.3 is 19.1 Å². The lowest BCUT2D eigenvalue weighted by molar-refractivity contribution is 0.0781. The summed E-state index contributed by atoms with van der Waals surface area (Å²) in [6.45, 7) is 0.412. The highest BCUT2D eigenvalue weighted by molar-refractivity contribution is 6.31. The van der Waals surface area contributed by atoms with Gasteiger partial charge in [0.25, 0.3) is 5.91 Å². The van der Waals surface area contributed by atoms with Crippen molar-refractivity contribution in [1.29, 1.82) is 0 Å². The highest BCUT2D eigenvalue weighted by Crippen LogP contribution is 2.29. The van der Waals surface area contributed by atoms with E-state index in [0.717, 1.165) is 5.56 Å². The molecule has 0 aliphatic rings. The molecule has 128 valence electrons. The molecular formula is C18H20ClNO4. The van der Waals surface area contributed by atoms with Gasteiger partial charge in [-0.05, 0) is 35.9 Å². The molecule has 0 saturated carbocycles. The van der Waals surface area contributed by atoms with Crippen molar-refractivity contribution < 1.29 is 19.0 Å². The van der Waals surface area contributed by atoms with Crippen LogP contribution in [-0.4, -0.2) is 39.2 Å². The summed E-state index contributed by atoms with van der Waals surface area (Å²) < 4.78 is 15.8. The van der Waals surface area contributed by atoms with Crippen LogP contribution in [0.25, 0.3) is 0 Å². The number of hydrogen-bond donors (Lipinski definition) is 0. The molecule has 5 nitrogen and oxygen atoms in total. The zero-order valence-corrected chi connectivity index (χ0v) is 14.9. The van der Waals surface area contributed by atoms with E-state index in [0.29, 0.717) is 34.4 Å². The van der Waals surface area contributed by atoms with Crippen molar-refractivity contribution in [3.05, 3.63) is 52.5 Å². The Balaban J connectivity index is 2.22. The molecule has 6 heteroatoms. The van der Waals surface area contributed by atoms with E-state index >= 15 is 0 Å². The van der Waals surface area contributed by atoms with E-state index in [9.17, 15) is 4.79 Å². The molecule has 0 aromatic heterocycles. The van der Waals surface area contributed by atoms with Gasteiger partial charge in [-0.1, -0.05) is 17.7 Å². The molecule has 0 aliphatic carbocycles. The Hall–Kier alpha value is -2.40. The summed E-state index contributed by atoms with van der Waals surface area (Å²) in [6, 6.07) is 10.5. The monoisotopic (exact) mass is 349 g/mol. The summed E-state index contributed by atoms with van der Waals surface area (Å²) in [5, 5.41) is 0.485. The standard InChI is InChI=1S/C18H20ClNO4/c1-20(11-12-5-7-16(23-3)17(9-12)24-4)18(21)14-10-13(19)6-8-15(14)22-2/h5-10H,11H2,1-4H3. The Labute approximate surface area is 146 Å².